The molecule has 2 aliphatic rings. The van der Waals surface area contributed by atoms with Crippen molar-refractivity contribution < 1.29 is 41.0 Å². The molecule has 2 aliphatic carbocycles. The summed E-state index contributed by atoms with van der Waals surface area (Å²) in [4.78, 5) is 33.7. The maximum atomic E-state index is 12.8. The lowest BCUT2D eigenvalue weighted by atomic mass is 10.0. The number of amides is 2. The van der Waals surface area contributed by atoms with Gasteiger partial charge in [-0.15, -0.1) is 5.10 Å². The van der Waals surface area contributed by atoms with E-state index in [4.69, 9.17) is 5.11 Å². The molecule has 362 valence electrons. The summed E-state index contributed by atoms with van der Waals surface area (Å²) in [6, 6.07) is 22.1. The summed E-state index contributed by atoms with van der Waals surface area (Å²) in [7, 11) is 0. The molecule has 0 bridgehead atoms. The van der Waals surface area contributed by atoms with Crippen molar-refractivity contribution in [2.24, 2.45) is 0 Å². The second kappa shape index (κ2) is 20.5. The van der Waals surface area contributed by atoms with E-state index >= 15 is 0 Å². The molecule has 0 radical (unpaired) electrons. The molecule has 0 atom stereocenters. The molecule has 0 unspecified atom stereocenters. The summed E-state index contributed by atoms with van der Waals surface area (Å²) in [5, 5.41) is 33.0. The van der Waals surface area contributed by atoms with Crippen LogP contribution >= 0.6 is 15.9 Å². The fraction of sp³-hybridized carbons (Fsp3) is 0.333. The van der Waals surface area contributed by atoms with Crippen LogP contribution in [0.3, 0.4) is 0 Å². The number of aliphatic hydroxyl groups excluding tert-OH is 1. The lowest BCUT2D eigenvalue weighted by Crippen LogP contribution is -2.26. The van der Waals surface area contributed by atoms with Gasteiger partial charge in [0.25, 0.3) is 11.8 Å². The highest BCUT2D eigenvalue weighted by Crippen LogP contribution is 2.32. The average Bonchev–Trinajstić information content (AvgIpc) is 4.20. The predicted octanol–water partition coefficient (Wildman–Crippen LogP) is 9.96. The Morgan fingerprint density at radius 3 is 1.61 bits per heavy atom. The lowest BCUT2D eigenvalue weighted by Gasteiger charge is -2.14. The van der Waals surface area contributed by atoms with Crippen molar-refractivity contribution in [1.82, 2.24) is 39.8 Å². The number of hydrogen-bond acceptors (Lipinski definition) is 10. The van der Waals surface area contributed by atoms with Gasteiger partial charge in [0.15, 0.2) is 17.1 Å². The number of aromatic nitrogens is 6. The Labute approximate surface area is 400 Å². The average molecular weight is 1020 g/mol. The Morgan fingerprint density at radius 1 is 0.681 bits per heavy atom. The number of aryl methyl sites for hydroxylation is 2. The summed E-state index contributed by atoms with van der Waals surface area (Å²) >= 11 is 3.31. The van der Waals surface area contributed by atoms with Gasteiger partial charge in [0.1, 0.15) is 4.60 Å². The zero-order valence-corrected chi connectivity index (χ0v) is 39.0. The van der Waals surface area contributed by atoms with Gasteiger partial charge in [0.05, 0.1) is 48.0 Å². The fourth-order valence-electron chi connectivity index (χ4n) is 7.47. The number of alkyl halides is 6. The number of imidazole rings is 2. The molecule has 6 N–H and O–H groups in total. The number of carbonyl (C=O) groups is 2. The van der Waals surface area contributed by atoms with Crippen molar-refractivity contribution in [3.63, 3.8) is 0 Å². The van der Waals surface area contributed by atoms with Crippen LogP contribution in [0.5, 0.6) is 0 Å². The number of nitrogens with zero attached hydrogens (tertiary/aromatic N) is 6. The minimum atomic E-state index is -4.29. The third-order valence-corrected chi connectivity index (χ3v) is 11.7. The van der Waals surface area contributed by atoms with Crippen LogP contribution in [0.4, 0.5) is 49.2 Å². The minimum absolute atomic E-state index is 0.0486. The number of nitrogens with one attached hydrogen (secondary N) is 5. The number of benzene rings is 3. The quantitative estimate of drug-likeness (QED) is 0.0512. The Kier molecular flexibility index (Phi) is 14.4. The van der Waals surface area contributed by atoms with Crippen molar-refractivity contribution in [2.75, 3.05) is 35.6 Å². The van der Waals surface area contributed by atoms with Gasteiger partial charge in [0.2, 0.25) is 0 Å². The highest BCUT2D eigenvalue weighted by molar-refractivity contribution is 9.10. The summed E-state index contributed by atoms with van der Waals surface area (Å²) in [6.45, 7) is 3.20. The van der Waals surface area contributed by atoms with E-state index in [1.54, 1.807) is 45.7 Å². The van der Waals surface area contributed by atoms with Crippen molar-refractivity contribution in [3.05, 3.63) is 118 Å². The molecule has 21 heteroatoms. The topological polar surface area (TPSA) is 175 Å². The third-order valence-electron chi connectivity index (χ3n) is 11.3. The normalized spacial score (nSPS) is 13.8. The van der Waals surface area contributed by atoms with Gasteiger partial charge < -0.3 is 31.7 Å². The van der Waals surface area contributed by atoms with Crippen LogP contribution in [0.2, 0.25) is 0 Å². The predicted molar refractivity (Wildman–Crippen MR) is 254 cm³/mol. The Hall–Kier alpha value is -6.74. The first-order valence-corrected chi connectivity index (χ1v) is 23.1. The molecule has 2 saturated carbocycles. The monoisotopic (exact) mass is 1020 g/mol. The SMILES string of the molecule is Cc1cc(-c2cnc3c(NCCC(F)(F)F)cc(Br)nn23)ccc1C(=O)NC1CC1.Cc1cc(-c2cnc3c(NCCC(F)(F)F)cc(Nc4ccc(CCO)cc4)nn23)ccc1C(=O)NC1CC1. The molecule has 3 aromatic carbocycles. The van der Waals surface area contributed by atoms with Crippen LogP contribution in [-0.4, -0.2) is 90.2 Å². The van der Waals surface area contributed by atoms with Crippen LogP contribution in [0.15, 0.2) is 89.8 Å². The van der Waals surface area contributed by atoms with E-state index in [-0.39, 0.29) is 43.6 Å². The molecule has 4 heterocycles. The number of anilines is 4. The maximum Gasteiger partial charge on any atom is 0.390 e. The maximum absolute atomic E-state index is 12.8. The number of halogens is 7. The second-order valence-electron chi connectivity index (χ2n) is 17.0. The molecule has 0 spiro atoms. The first-order chi connectivity index (χ1) is 32.9. The highest BCUT2D eigenvalue weighted by Gasteiger charge is 2.29. The zero-order chi connectivity index (χ0) is 49.0. The molecular weight excluding hydrogens is 972 g/mol. The van der Waals surface area contributed by atoms with Crippen LogP contribution in [-0.2, 0) is 6.42 Å². The van der Waals surface area contributed by atoms with Crippen molar-refractivity contribution in [1.29, 1.82) is 0 Å². The number of hydrogen-bond donors (Lipinski definition) is 6. The minimum Gasteiger partial charge on any atom is -0.396 e. The van der Waals surface area contributed by atoms with Crippen molar-refractivity contribution in [2.45, 2.75) is 83.2 Å². The van der Waals surface area contributed by atoms with Gasteiger partial charge in [0, 0.05) is 65.8 Å². The summed E-state index contributed by atoms with van der Waals surface area (Å²) < 4.78 is 79.5. The van der Waals surface area contributed by atoms with Gasteiger partial charge in [-0.05, 0) is 121 Å². The van der Waals surface area contributed by atoms with Gasteiger partial charge in [-0.2, -0.15) is 31.4 Å². The van der Waals surface area contributed by atoms with Gasteiger partial charge >= 0.3 is 12.4 Å². The molecule has 69 heavy (non-hydrogen) atoms. The largest absolute Gasteiger partial charge is 0.396 e. The molecule has 2 fully saturated rings. The first kappa shape index (κ1) is 48.7. The molecular formula is C48H48BrF6N11O3. The number of fused-ring (bicyclic) bond motifs is 2. The first-order valence-electron chi connectivity index (χ1n) is 22.3. The Morgan fingerprint density at radius 2 is 1.16 bits per heavy atom. The number of rotatable bonds is 16. The fourth-order valence-corrected chi connectivity index (χ4v) is 7.86. The molecule has 4 aromatic heterocycles. The van der Waals surface area contributed by atoms with E-state index in [2.05, 4.69) is 62.7 Å². The van der Waals surface area contributed by atoms with Gasteiger partial charge in [-0.25, -0.2) is 19.0 Å². The lowest BCUT2D eigenvalue weighted by molar-refractivity contribution is -0.132. The molecule has 2 amide bonds. The second-order valence-corrected chi connectivity index (χ2v) is 17.8. The Balaban J connectivity index is 0.000000192. The van der Waals surface area contributed by atoms with Gasteiger partial charge in [-0.1, -0.05) is 24.3 Å². The van der Waals surface area contributed by atoms with Crippen molar-refractivity contribution in [3.8, 4) is 22.5 Å². The van der Waals surface area contributed by atoms with E-state index in [0.717, 1.165) is 59.2 Å². The zero-order valence-electron chi connectivity index (χ0n) is 37.4. The van der Waals surface area contributed by atoms with E-state index in [0.29, 0.717) is 62.0 Å². The molecule has 9 rings (SSSR count). The molecule has 7 aromatic rings. The van der Waals surface area contributed by atoms with Crippen molar-refractivity contribution >= 4 is 61.9 Å². The van der Waals surface area contributed by atoms with E-state index in [9.17, 15) is 35.9 Å². The summed E-state index contributed by atoms with van der Waals surface area (Å²) in [6.07, 6.45) is -2.67. The summed E-state index contributed by atoms with van der Waals surface area (Å²) in [5.74, 6) is 0.213. The molecule has 0 aliphatic heterocycles. The van der Waals surface area contributed by atoms with Crippen LogP contribution in [0, 0.1) is 13.8 Å². The standard InChI is InChI=1S/C28H29F3N6O2.C20H19BrF3N5O/c1-17-14-19(4-9-22(17)27(39)35-21-7-8-21)24-16-33-26-23(32-12-11-28(29,30)31)15-25(36-37(24)26)34-20-5-2-18(3-6-20)10-13-38;1-11-8-12(2-5-14(11)19(30)27-13-3-4-13)16-10-26-18-15(9-17(21)28-29(16)18)25-7-6-20(22,23)24/h2-6,9,14-16,21,32,38H,7-8,10-13H2,1H3,(H,34,36)(H,35,39);2,5,8-10,13,25H,3-4,6-7H2,1H3,(H,27,30). The number of carbonyl (C=O) groups excluding carboxylic acids is 2. The molecule has 14 nitrogen and oxygen atoms in total. The van der Waals surface area contributed by atoms with E-state index in [1.165, 1.54) is 0 Å². The van der Waals surface area contributed by atoms with E-state index < -0.39 is 25.2 Å². The third kappa shape index (κ3) is 12.7. The van der Waals surface area contributed by atoms with Gasteiger partial charge in [-0.3, -0.25) is 9.59 Å². The smallest absolute Gasteiger partial charge is 0.390 e. The van der Waals surface area contributed by atoms with E-state index in [1.807, 2.05) is 62.4 Å². The van der Waals surface area contributed by atoms with Crippen LogP contribution in [0.25, 0.3) is 33.8 Å². The number of aliphatic hydroxyl groups is 1. The molecule has 0 saturated heterocycles. The summed E-state index contributed by atoms with van der Waals surface area (Å²) in [5.41, 5.74) is 9.03. The Bertz CT molecular complexity index is 2980. The highest BCUT2D eigenvalue weighted by atomic mass is 79.9. The van der Waals surface area contributed by atoms with Crippen LogP contribution < -0.4 is 26.6 Å². The van der Waals surface area contributed by atoms with Crippen LogP contribution in [0.1, 0.15) is 75.9 Å².